The van der Waals surface area contributed by atoms with E-state index in [4.69, 9.17) is 30.8 Å². The number of terminal acetylenes is 1. The normalized spacial score (nSPS) is 25.4. The Morgan fingerprint density at radius 3 is 2.68 bits per heavy atom. The van der Waals surface area contributed by atoms with Crippen LogP contribution in [0.3, 0.4) is 0 Å². The number of alkyl halides is 3. The number of piperazine rings is 1. The number of rotatable bonds is 7. The molecule has 10 rings (SSSR count). The van der Waals surface area contributed by atoms with Crippen LogP contribution in [0.5, 0.6) is 17.6 Å². The van der Waals surface area contributed by atoms with E-state index in [-0.39, 0.29) is 88.3 Å². The number of phenols is 1. The Morgan fingerprint density at radius 1 is 1.00 bits per heavy atom. The highest BCUT2D eigenvalue weighted by atomic mass is 19.4. The van der Waals surface area contributed by atoms with E-state index in [0.29, 0.717) is 41.4 Å². The minimum absolute atomic E-state index is 0.0136. The smallest absolute Gasteiger partial charge is 0.434 e. The maximum atomic E-state index is 17.3. The number of fused-ring (bicyclic) bond motifs is 7. The summed E-state index contributed by atoms with van der Waals surface area (Å²) in [6.45, 7) is 1.89. The van der Waals surface area contributed by atoms with Crippen molar-refractivity contribution in [2.45, 2.75) is 87.2 Å². The van der Waals surface area contributed by atoms with Gasteiger partial charge in [-0.1, -0.05) is 12.0 Å². The lowest BCUT2D eigenvalue weighted by atomic mass is 9.95. The largest absolute Gasteiger partial charge is 0.508 e. The number of halogens is 5. The first kappa shape index (κ1) is 36.0. The predicted octanol–water partition coefficient (Wildman–Crippen LogP) is 6.33. The van der Waals surface area contributed by atoms with Gasteiger partial charge in [0.05, 0.1) is 34.6 Å². The number of aromatic hydroxyl groups is 1. The summed E-state index contributed by atoms with van der Waals surface area (Å²) in [5.41, 5.74) is -0.862. The zero-order valence-corrected chi connectivity index (χ0v) is 30.6. The van der Waals surface area contributed by atoms with E-state index in [0.717, 1.165) is 57.7 Å². The summed E-state index contributed by atoms with van der Waals surface area (Å²) in [4.78, 5) is 26.5. The van der Waals surface area contributed by atoms with E-state index in [9.17, 15) is 18.3 Å². The lowest BCUT2D eigenvalue weighted by Crippen LogP contribution is -2.58. The number of hydrogen-bond acceptors (Lipinski definition) is 11. The molecule has 5 aliphatic heterocycles. The Kier molecular flexibility index (Phi) is 8.42. The second-order valence-corrected chi connectivity index (χ2v) is 15.8. The first-order chi connectivity index (χ1) is 27.5. The summed E-state index contributed by atoms with van der Waals surface area (Å²) in [6, 6.07) is 6.05. The quantitative estimate of drug-likeness (QED) is 0.142. The van der Waals surface area contributed by atoms with Crippen LogP contribution in [0.1, 0.15) is 61.9 Å². The summed E-state index contributed by atoms with van der Waals surface area (Å²) in [5.74, 6) is 1.42. The lowest BCUT2D eigenvalue weighted by molar-refractivity contribution is -0.141. The van der Waals surface area contributed by atoms with Crippen molar-refractivity contribution in [3.63, 3.8) is 0 Å². The average molecular weight is 785 g/mol. The van der Waals surface area contributed by atoms with Gasteiger partial charge in [-0.25, -0.2) is 23.7 Å². The van der Waals surface area contributed by atoms with Crippen molar-refractivity contribution in [1.29, 1.82) is 0 Å². The van der Waals surface area contributed by atoms with Crippen LogP contribution in [0.25, 0.3) is 32.9 Å². The molecular formula is C41H37F5N8O3. The molecule has 2 aromatic carbocycles. The Bertz CT molecular complexity index is 2480. The highest BCUT2D eigenvalue weighted by Crippen LogP contribution is 2.46. The molecule has 0 unspecified atom stereocenters. The van der Waals surface area contributed by atoms with E-state index >= 15 is 8.78 Å². The zero-order chi connectivity index (χ0) is 39.2. The molecule has 8 heterocycles. The van der Waals surface area contributed by atoms with Crippen molar-refractivity contribution in [1.82, 2.24) is 35.1 Å². The number of nitrogens with one attached hydrogen (secondary N) is 1. The van der Waals surface area contributed by atoms with Gasteiger partial charge in [0.1, 0.15) is 41.8 Å². The third kappa shape index (κ3) is 5.96. The van der Waals surface area contributed by atoms with Gasteiger partial charge >= 0.3 is 12.2 Å². The van der Waals surface area contributed by atoms with Crippen molar-refractivity contribution in [2.24, 2.45) is 0 Å². The molecule has 0 spiro atoms. The molecule has 11 nitrogen and oxygen atoms in total. The summed E-state index contributed by atoms with van der Waals surface area (Å²) in [6.07, 6.45) is 9.38. The standard InChI is InChI=1S/C41H37F5N8O3/c1-2-25-27(42)6-4-21-14-24(55)15-26(33(21)25)36-35(43)37-34-29(50-36)8-9-30-28-7-5-22(49-28)18-53(30)38(34)52-39(51-37)57-20-40-11-3-13-54(40)23(10-12-40)19-56-32-17-47-31(16-48-32)41(44,45)46/h1,4,6,14-17,22-23,28,30,49,55H,3,5,7-13,18-20H2/t22-,23+,28+,30-,40+/m1/s1. The molecule has 3 aromatic heterocycles. The molecule has 16 heteroatoms. The first-order valence-electron chi connectivity index (χ1n) is 19.3. The van der Waals surface area contributed by atoms with E-state index in [1.807, 2.05) is 0 Å². The molecule has 4 saturated heterocycles. The minimum Gasteiger partial charge on any atom is -0.508 e. The van der Waals surface area contributed by atoms with Crippen molar-refractivity contribution < 1.29 is 36.5 Å². The Labute approximate surface area is 323 Å². The number of phenolic OH excluding ortho intramolecular Hbond substituents is 1. The number of aromatic nitrogens is 5. The molecule has 5 aliphatic rings. The van der Waals surface area contributed by atoms with Crippen LogP contribution in [-0.4, -0.2) is 90.9 Å². The van der Waals surface area contributed by atoms with E-state index in [2.05, 4.69) is 31.0 Å². The van der Waals surface area contributed by atoms with Gasteiger partial charge in [-0.3, -0.25) is 4.90 Å². The summed E-state index contributed by atoms with van der Waals surface area (Å²) >= 11 is 0. The van der Waals surface area contributed by atoms with Gasteiger partial charge in [0.25, 0.3) is 0 Å². The van der Waals surface area contributed by atoms with Crippen LogP contribution in [0.4, 0.5) is 27.8 Å². The third-order valence-electron chi connectivity index (χ3n) is 12.6. The Morgan fingerprint density at radius 2 is 1.88 bits per heavy atom. The van der Waals surface area contributed by atoms with Gasteiger partial charge in [-0.15, -0.1) is 6.42 Å². The van der Waals surface area contributed by atoms with Crippen molar-refractivity contribution >= 4 is 27.5 Å². The molecule has 2 bridgehead atoms. The summed E-state index contributed by atoms with van der Waals surface area (Å²) in [7, 11) is 0. The van der Waals surface area contributed by atoms with Crippen LogP contribution >= 0.6 is 0 Å². The van der Waals surface area contributed by atoms with Crippen molar-refractivity contribution in [2.75, 3.05) is 31.2 Å². The fraction of sp³-hybridized carbons (Fsp3) is 0.439. The number of pyridine rings is 1. The van der Waals surface area contributed by atoms with Gasteiger partial charge in [0.15, 0.2) is 11.5 Å². The number of anilines is 1. The SMILES string of the molecule is C#Cc1c(F)ccc2cc(O)cc(-c3nc4c5c(nc(OC[C@@]67CCCN6[C@H](COc6cnc(C(F)(F)F)cn6)CC7)nc5c3F)N3C[C@H]5CC[C@H](N5)[C@H]3CC4)c12. The minimum atomic E-state index is -4.59. The monoisotopic (exact) mass is 784 g/mol. The molecule has 57 heavy (non-hydrogen) atoms. The summed E-state index contributed by atoms with van der Waals surface area (Å²) < 4.78 is 83.7. The molecule has 2 N–H and O–H groups in total. The molecular weight excluding hydrogens is 747 g/mol. The number of hydrogen-bond donors (Lipinski definition) is 2. The van der Waals surface area contributed by atoms with E-state index < -0.39 is 23.5 Å². The fourth-order valence-electron chi connectivity index (χ4n) is 10.1. The molecule has 294 valence electrons. The predicted molar refractivity (Wildman–Crippen MR) is 199 cm³/mol. The maximum Gasteiger partial charge on any atom is 0.434 e. The lowest BCUT2D eigenvalue weighted by Gasteiger charge is -2.41. The van der Waals surface area contributed by atoms with Crippen LogP contribution in [0, 0.1) is 24.0 Å². The number of aryl methyl sites for hydroxylation is 1. The zero-order valence-electron chi connectivity index (χ0n) is 30.6. The molecule has 5 aromatic rings. The molecule has 0 saturated carbocycles. The third-order valence-corrected chi connectivity index (χ3v) is 12.6. The van der Waals surface area contributed by atoms with Gasteiger partial charge in [0.2, 0.25) is 5.88 Å². The molecule has 0 amide bonds. The van der Waals surface area contributed by atoms with Crippen molar-refractivity contribution in [3.8, 4) is 41.2 Å². The number of ether oxygens (including phenoxy) is 2. The Balaban J connectivity index is 1.01. The first-order valence-corrected chi connectivity index (χ1v) is 19.3. The van der Waals surface area contributed by atoms with Gasteiger partial charge in [-0.05, 0) is 81.5 Å². The topological polar surface area (TPSA) is 122 Å². The van der Waals surface area contributed by atoms with Gasteiger partial charge in [0, 0.05) is 41.7 Å². The van der Waals surface area contributed by atoms with Crippen LogP contribution < -0.4 is 19.7 Å². The maximum absolute atomic E-state index is 17.3. The van der Waals surface area contributed by atoms with Crippen LogP contribution in [0.15, 0.2) is 36.7 Å². The molecule has 5 atom stereocenters. The Hall–Kier alpha value is -5.40. The van der Waals surface area contributed by atoms with Gasteiger partial charge in [-0.2, -0.15) is 23.1 Å². The number of benzene rings is 2. The average Bonchev–Trinajstić information content (AvgIpc) is 3.86. The second kappa shape index (κ2) is 13.3. The molecule has 0 aliphatic carbocycles. The van der Waals surface area contributed by atoms with E-state index in [1.165, 1.54) is 24.3 Å². The van der Waals surface area contributed by atoms with Crippen molar-refractivity contribution in [3.05, 3.63) is 65.2 Å². The molecule has 4 fully saturated rings. The number of nitrogens with zero attached hydrogens (tertiary/aromatic N) is 7. The van der Waals surface area contributed by atoms with E-state index in [1.54, 1.807) is 0 Å². The summed E-state index contributed by atoms with van der Waals surface area (Å²) in [5, 5.41) is 15.7. The second-order valence-electron chi connectivity index (χ2n) is 15.8. The fourth-order valence-corrected chi connectivity index (χ4v) is 10.1. The van der Waals surface area contributed by atoms with Crippen LogP contribution in [-0.2, 0) is 12.6 Å². The highest BCUT2D eigenvalue weighted by molar-refractivity contribution is 6.03. The van der Waals surface area contributed by atoms with Crippen LogP contribution in [0.2, 0.25) is 0 Å². The molecule has 0 radical (unpaired) electrons. The van der Waals surface area contributed by atoms with Gasteiger partial charge < -0.3 is 24.8 Å². The highest BCUT2D eigenvalue weighted by Gasteiger charge is 2.50.